The van der Waals surface area contributed by atoms with E-state index in [9.17, 15) is 21.6 Å². The minimum atomic E-state index is -4.47. The number of nitrogens with zero attached hydrogens (tertiary/aromatic N) is 1. The van der Waals surface area contributed by atoms with Crippen LogP contribution in [0.5, 0.6) is 0 Å². The van der Waals surface area contributed by atoms with E-state index in [1.54, 1.807) is 0 Å². The number of aliphatic hydroxyl groups is 1. The lowest BCUT2D eigenvalue weighted by Crippen LogP contribution is -2.31. The van der Waals surface area contributed by atoms with Crippen molar-refractivity contribution in [2.24, 2.45) is 0 Å². The summed E-state index contributed by atoms with van der Waals surface area (Å²) in [5, 5.41) is 8.88. The third-order valence-electron chi connectivity index (χ3n) is 2.71. The van der Waals surface area contributed by atoms with Crippen LogP contribution in [0.2, 0.25) is 10.0 Å². The molecule has 0 spiro atoms. The molecule has 1 aromatic rings. The molecule has 0 atom stereocenters. The monoisotopic (exact) mass is 365 g/mol. The van der Waals surface area contributed by atoms with Gasteiger partial charge >= 0.3 is 6.18 Å². The lowest BCUT2D eigenvalue weighted by atomic mass is 10.2. The van der Waals surface area contributed by atoms with Crippen LogP contribution >= 0.6 is 23.2 Å². The summed E-state index contributed by atoms with van der Waals surface area (Å²) in [6.45, 7) is -1.33. The second kappa shape index (κ2) is 6.70. The van der Waals surface area contributed by atoms with Gasteiger partial charge in [-0.1, -0.05) is 23.2 Å². The molecule has 0 heterocycles. The van der Waals surface area contributed by atoms with Crippen LogP contribution in [0.25, 0.3) is 0 Å². The number of halogens is 5. The van der Waals surface area contributed by atoms with Crippen LogP contribution in [0.4, 0.5) is 13.2 Å². The summed E-state index contributed by atoms with van der Waals surface area (Å²) in [5.74, 6) is 0. The molecular formula is C11H12Cl2F3NO3S. The molecule has 4 nitrogen and oxygen atoms in total. The van der Waals surface area contributed by atoms with Gasteiger partial charge in [-0.15, -0.1) is 0 Å². The molecule has 0 aliphatic carbocycles. The summed E-state index contributed by atoms with van der Waals surface area (Å²) in [4.78, 5) is -0.401. The van der Waals surface area contributed by atoms with Gasteiger partial charge in [0.1, 0.15) is 4.90 Å². The van der Waals surface area contributed by atoms with Crippen molar-refractivity contribution in [3.8, 4) is 0 Å². The minimum absolute atomic E-state index is 0.00336. The Morgan fingerprint density at radius 1 is 1.29 bits per heavy atom. The zero-order chi connectivity index (χ0) is 16.4. The Bertz CT molecular complexity index is 620. The van der Waals surface area contributed by atoms with E-state index in [0.29, 0.717) is 4.31 Å². The first-order valence-corrected chi connectivity index (χ1v) is 7.81. The van der Waals surface area contributed by atoms with E-state index in [-0.39, 0.29) is 15.6 Å². The maximum atomic E-state index is 12.2. The zero-order valence-corrected chi connectivity index (χ0v) is 13.1. The molecule has 1 N–H and O–H groups in total. The fourth-order valence-corrected chi connectivity index (χ4v) is 3.53. The van der Waals surface area contributed by atoms with Crippen molar-refractivity contribution in [1.29, 1.82) is 0 Å². The average Bonchev–Trinajstić information content (AvgIpc) is 2.35. The molecule has 0 unspecified atom stereocenters. The Morgan fingerprint density at radius 2 is 1.86 bits per heavy atom. The van der Waals surface area contributed by atoms with E-state index in [1.165, 1.54) is 6.07 Å². The highest BCUT2D eigenvalue weighted by Gasteiger charge is 2.31. The van der Waals surface area contributed by atoms with Gasteiger partial charge in [-0.3, -0.25) is 0 Å². The lowest BCUT2D eigenvalue weighted by Gasteiger charge is -2.19. The molecule has 0 aliphatic rings. The van der Waals surface area contributed by atoms with Crippen LogP contribution in [0.15, 0.2) is 17.0 Å². The quantitative estimate of drug-likeness (QED) is 0.872. The Hall–Kier alpha value is -0.540. The van der Waals surface area contributed by atoms with E-state index in [4.69, 9.17) is 28.3 Å². The second-order valence-corrected chi connectivity index (χ2v) is 6.99. The SMILES string of the molecule is CN(CCC(F)(F)F)S(=O)(=O)c1ccc(Cl)c(CO)c1Cl. The standard InChI is InChI=1S/C11H12Cl2F3NO3S/c1-17(5-4-11(14,15)16)21(19,20)9-3-2-8(12)7(6-18)10(9)13/h2-3,18H,4-6H2,1H3. The molecule has 21 heavy (non-hydrogen) atoms. The Kier molecular flexibility index (Phi) is 5.91. The van der Waals surface area contributed by atoms with E-state index in [0.717, 1.165) is 13.1 Å². The first-order valence-electron chi connectivity index (χ1n) is 5.61. The van der Waals surface area contributed by atoms with Crippen molar-refractivity contribution in [1.82, 2.24) is 4.31 Å². The van der Waals surface area contributed by atoms with Gasteiger partial charge in [-0.05, 0) is 12.1 Å². The van der Waals surface area contributed by atoms with Gasteiger partial charge in [0.05, 0.1) is 18.1 Å². The molecule has 0 aromatic heterocycles. The van der Waals surface area contributed by atoms with Gasteiger partial charge in [-0.2, -0.15) is 13.2 Å². The lowest BCUT2D eigenvalue weighted by molar-refractivity contribution is -0.135. The number of hydrogen-bond acceptors (Lipinski definition) is 3. The van der Waals surface area contributed by atoms with Crippen LogP contribution in [-0.2, 0) is 16.6 Å². The van der Waals surface area contributed by atoms with Crippen LogP contribution in [0.1, 0.15) is 12.0 Å². The molecular weight excluding hydrogens is 354 g/mol. The number of benzene rings is 1. The maximum Gasteiger partial charge on any atom is 0.390 e. The van der Waals surface area contributed by atoms with Gasteiger partial charge in [0.2, 0.25) is 10.0 Å². The van der Waals surface area contributed by atoms with E-state index in [1.807, 2.05) is 0 Å². The van der Waals surface area contributed by atoms with Crippen molar-refractivity contribution >= 4 is 33.2 Å². The summed E-state index contributed by atoms with van der Waals surface area (Å²) in [5.41, 5.74) is 0.00336. The first kappa shape index (κ1) is 18.5. The zero-order valence-electron chi connectivity index (χ0n) is 10.8. The topological polar surface area (TPSA) is 57.6 Å². The van der Waals surface area contributed by atoms with Gasteiger partial charge < -0.3 is 5.11 Å². The van der Waals surface area contributed by atoms with Gasteiger partial charge in [-0.25, -0.2) is 12.7 Å². The van der Waals surface area contributed by atoms with Crippen LogP contribution < -0.4 is 0 Å². The smallest absolute Gasteiger partial charge is 0.390 e. The molecule has 0 saturated carbocycles. The fourth-order valence-electron chi connectivity index (χ4n) is 1.49. The van der Waals surface area contributed by atoms with E-state index in [2.05, 4.69) is 0 Å². The Balaban J connectivity index is 3.14. The molecule has 0 saturated heterocycles. The predicted molar refractivity (Wildman–Crippen MR) is 72.9 cm³/mol. The van der Waals surface area contributed by atoms with Gasteiger partial charge in [0.15, 0.2) is 0 Å². The van der Waals surface area contributed by atoms with E-state index < -0.39 is 40.7 Å². The summed E-state index contributed by atoms with van der Waals surface area (Å²) in [6.07, 6.45) is -5.75. The third kappa shape index (κ3) is 4.46. The molecule has 0 bridgehead atoms. The highest BCUT2D eigenvalue weighted by molar-refractivity contribution is 7.89. The fraction of sp³-hybridized carbons (Fsp3) is 0.455. The molecule has 10 heteroatoms. The van der Waals surface area contributed by atoms with Crippen molar-refractivity contribution in [3.63, 3.8) is 0 Å². The normalized spacial score (nSPS) is 13.0. The predicted octanol–water partition coefficient (Wildman–Crippen LogP) is 3.06. The number of aliphatic hydroxyl groups excluding tert-OH is 1. The number of alkyl halides is 3. The highest BCUT2D eigenvalue weighted by atomic mass is 35.5. The number of hydrogen-bond donors (Lipinski definition) is 1. The molecule has 0 radical (unpaired) electrons. The molecule has 0 aliphatic heterocycles. The average molecular weight is 366 g/mol. The number of rotatable bonds is 5. The van der Waals surface area contributed by atoms with Crippen LogP contribution in [0, 0.1) is 0 Å². The van der Waals surface area contributed by atoms with Crippen molar-refractivity contribution < 1.29 is 26.7 Å². The van der Waals surface area contributed by atoms with Crippen LogP contribution in [0.3, 0.4) is 0 Å². The third-order valence-corrected chi connectivity index (χ3v) is 5.50. The van der Waals surface area contributed by atoms with Crippen molar-refractivity contribution in [3.05, 3.63) is 27.7 Å². The molecule has 0 fully saturated rings. The highest BCUT2D eigenvalue weighted by Crippen LogP contribution is 2.32. The van der Waals surface area contributed by atoms with Gasteiger partial charge in [0.25, 0.3) is 0 Å². The van der Waals surface area contributed by atoms with Gasteiger partial charge in [0, 0.05) is 24.2 Å². The number of sulfonamides is 1. The maximum absolute atomic E-state index is 12.2. The van der Waals surface area contributed by atoms with Crippen LogP contribution in [-0.4, -0.2) is 37.6 Å². The Morgan fingerprint density at radius 3 is 2.33 bits per heavy atom. The summed E-state index contributed by atoms with van der Waals surface area (Å²) in [6, 6.07) is 2.30. The van der Waals surface area contributed by atoms with E-state index >= 15 is 0 Å². The summed E-state index contributed by atoms with van der Waals surface area (Å²) < 4.78 is 61.4. The summed E-state index contributed by atoms with van der Waals surface area (Å²) in [7, 11) is -3.19. The minimum Gasteiger partial charge on any atom is -0.392 e. The summed E-state index contributed by atoms with van der Waals surface area (Å²) >= 11 is 11.6. The molecule has 1 rings (SSSR count). The molecule has 120 valence electrons. The van der Waals surface area contributed by atoms with Crippen molar-refractivity contribution in [2.45, 2.75) is 24.1 Å². The Labute approximate surface area is 130 Å². The largest absolute Gasteiger partial charge is 0.392 e. The first-order chi connectivity index (χ1) is 9.50. The molecule has 0 amide bonds. The van der Waals surface area contributed by atoms with Crippen molar-refractivity contribution in [2.75, 3.05) is 13.6 Å². The molecule has 1 aromatic carbocycles. The second-order valence-electron chi connectivity index (χ2n) is 4.19.